The van der Waals surface area contributed by atoms with Gasteiger partial charge in [0.05, 0.1) is 6.61 Å². The number of ether oxygens (including phenoxy) is 1. The number of para-hydroxylation sites is 1. The van der Waals surface area contributed by atoms with Crippen LogP contribution in [0.1, 0.15) is 28.5 Å². The molecule has 0 fully saturated rings. The van der Waals surface area contributed by atoms with Gasteiger partial charge in [-0.2, -0.15) is 0 Å². The quantitative estimate of drug-likeness (QED) is 0.743. The van der Waals surface area contributed by atoms with Crippen molar-refractivity contribution in [2.24, 2.45) is 0 Å². The molecule has 2 atom stereocenters. The zero-order valence-corrected chi connectivity index (χ0v) is 12.7. The maximum atomic E-state index is 9.61. The van der Waals surface area contributed by atoms with Gasteiger partial charge in [0, 0.05) is 17.4 Å². The monoisotopic (exact) mass is 302 g/mol. The molecule has 0 saturated carbocycles. The van der Waals surface area contributed by atoms with Crippen LogP contribution in [0.15, 0.2) is 78.9 Å². The fourth-order valence-corrected chi connectivity index (χ4v) is 3.44. The lowest BCUT2D eigenvalue weighted by atomic mass is 9.76. The van der Waals surface area contributed by atoms with Crippen LogP contribution in [-0.2, 0) is 0 Å². The van der Waals surface area contributed by atoms with E-state index in [0.29, 0.717) is 12.4 Å². The Balaban J connectivity index is 1.85. The molecule has 1 aliphatic rings. The Bertz CT molecular complexity index is 794. The summed E-state index contributed by atoms with van der Waals surface area (Å²) in [6.07, 6.45) is 0. The molecule has 0 saturated heterocycles. The molecule has 0 radical (unpaired) electrons. The number of fused-ring (bicyclic) bond motifs is 1. The third-order valence-corrected chi connectivity index (χ3v) is 4.55. The summed E-state index contributed by atoms with van der Waals surface area (Å²) < 4.78 is 6.02. The van der Waals surface area contributed by atoms with Crippen LogP contribution in [0.5, 0.6) is 11.5 Å². The van der Waals surface area contributed by atoms with Crippen molar-refractivity contribution in [1.29, 1.82) is 0 Å². The predicted molar refractivity (Wildman–Crippen MR) is 91.1 cm³/mol. The number of phenols is 1. The second-order valence-electron chi connectivity index (χ2n) is 5.94. The largest absolute Gasteiger partial charge is 0.508 e. The molecule has 1 N–H and O–H groups in total. The van der Waals surface area contributed by atoms with E-state index in [0.717, 1.165) is 5.75 Å². The maximum absolute atomic E-state index is 9.61. The van der Waals surface area contributed by atoms with Crippen molar-refractivity contribution in [3.63, 3.8) is 0 Å². The molecule has 3 aromatic rings. The molecule has 4 rings (SSSR count). The highest BCUT2D eigenvalue weighted by Gasteiger charge is 2.33. The summed E-state index contributed by atoms with van der Waals surface area (Å²) >= 11 is 0. The van der Waals surface area contributed by atoms with Gasteiger partial charge in [0.2, 0.25) is 0 Å². The minimum Gasteiger partial charge on any atom is -0.508 e. The van der Waals surface area contributed by atoms with Crippen LogP contribution < -0.4 is 4.74 Å². The summed E-state index contributed by atoms with van der Waals surface area (Å²) in [5, 5.41) is 9.61. The number of hydrogen-bond donors (Lipinski definition) is 1. The average Bonchev–Trinajstić information content (AvgIpc) is 2.62. The zero-order valence-electron chi connectivity index (χ0n) is 12.7. The Morgan fingerprint density at radius 2 is 1.43 bits per heavy atom. The summed E-state index contributed by atoms with van der Waals surface area (Å²) in [6, 6.07) is 26.3. The van der Waals surface area contributed by atoms with Gasteiger partial charge >= 0.3 is 0 Å². The van der Waals surface area contributed by atoms with E-state index < -0.39 is 0 Å². The van der Waals surface area contributed by atoms with Gasteiger partial charge < -0.3 is 9.84 Å². The smallest absolute Gasteiger partial charge is 0.123 e. The Hall–Kier alpha value is -2.74. The minimum absolute atomic E-state index is 0.225. The predicted octanol–water partition coefficient (Wildman–Crippen LogP) is 4.70. The van der Waals surface area contributed by atoms with Crippen molar-refractivity contribution in [2.45, 2.75) is 11.8 Å². The molecule has 0 amide bonds. The fourth-order valence-electron chi connectivity index (χ4n) is 3.44. The topological polar surface area (TPSA) is 29.5 Å². The van der Waals surface area contributed by atoms with Gasteiger partial charge in [0.1, 0.15) is 11.5 Å². The highest BCUT2D eigenvalue weighted by Crippen LogP contribution is 2.45. The van der Waals surface area contributed by atoms with E-state index >= 15 is 0 Å². The van der Waals surface area contributed by atoms with Crippen molar-refractivity contribution in [3.8, 4) is 11.5 Å². The number of hydrogen-bond acceptors (Lipinski definition) is 2. The van der Waals surface area contributed by atoms with Crippen molar-refractivity contribution in [3.05, 3.63) is 95.6 Å². The highest BCUT2D eigenvalue weighted by molar-refractivity contribution is 5.48. The summed E-state index contributed by atoms with van der Waals surface area (Å²) in [7, 11) is 0. The van der Waals surface area contributed by atoms with Crippen molar-refractivity contribution in [2.75, 3.05) is 6.61 Å². The van der Waals surface area contributed by atoms with Gasteiger partial charge in [-0.1, -0.05) is 60.7 Å². The van der Waals surface area contributed by atoms with Crippen LogP contribution in [0.25, 0.3) is 0 Å². The van der Waals surface area contributed by atoms with Gasteiger partial charge in [-0.15, -0.1) is 0 Å². The molecule has 114 valence electrons. The van der Waals surface area contributed by atoms with Crippen LogP contribution in [0.3, 0.4) is 0 Å². The molecule has 2 heteroatoms. The molecule has 0 aliphatic carbocycles. The van der Waals surface area contributed by atoms with E-state index in [-0.39, 0.29) is 11.8 Å². The summed E-state index contributed by atoms with van der Waals surface area (Å²) in [4.78, 5) is 0. The SMILES string of the molecule is Oc1ccc(C2c3ccccc3OCC2c2ccccc2)cc1. The van der Waals surface area contributed by atoms with Crippen molar-refractivity contribution >= 4 is 0 Å². The van der Waals surface area contributed by atoms with E-state index in [1.54, 1.807) is 12.1 Å². The fraction of sp³-hybridized carbons (Fsp3) is 0.143. The lowest BCUT2D eigenvalue weighted by molar-refractivity contribution is 0.249. The minimum atomic E-state index is 0.225. The van der Waals surface area contributed by atoms with Gasteiger partial charge in [0.25, 0.3) is 0 Å². The Kier molecular flexibility index (Phi) is 3.51. The molecule has 3 aromatic carbocycles. The molecular formula is C21H18O2. The molecule has 0 spiro atoms. The van der Waals surface area contributed by atoms with Crippen LogP contribution >= 0.6 is 0 Å². The molecule has 1 aliphatic heterocycles. The summed E-state index contributed by atoms with van der Waals surface area (Å²) in [5.74, 6) is 1.74. The van der Waals surface area contributed by atoms with Crippen LogP contribution in [0, 0.1) is 0 Å². The van der Waals surface area contributed by atoms with Gasteiger partial charge in [-0.25, -0.2) is 0 Å². The number of aromatic hydroxyl groups is 1. The van der Waals surface area contributed by atoms with Crippen LogP contribution in [0.4, 0.5) is 0 Å². The molecule has 0 aromatic heterocycles. The number of benzene rings is 3. The molecule has 0 bridgehead atoms. The molecule has 23 heavy (non-hydrogen) atoms. The van der Waals surface area contributed by atoms with Gasteiger partial charge in [-0.05, 0) is 29.3 Å². The highest BCUT2D eigenvalue weighted by atomic mass is 16.5. The molecule has 2 nitrogen and oxygen atoms in total. The lowest BCUT2D eigenvalue weighted by Gasteiger charge is -2.34. The first-order valence-corrected chi connectivity index (χ1v) is 7.88. The lowest BCUT2D eigenvalue weighted by Crippen LogP contribution is -2.25. The molecule has 2 unspecified atom stereocenters. The summed E-state index contributed by atoms with van der Waals surface area (Å²) in [5.41, 5.74) is 3.69. The van der Waals surface area contributed by atoms with E-state index in [1.807, 2.05) is 30.3 Å². The van der Waals surface area contributed by atoms with E-state index in [1.165, 1.54) is 16.7 Å². The molecule has 1 heterocycles. The number of phenolic OH excluding ortho intramolecular Hbond substituents is 1. The zero-order chi connectivity index (χ0) is 15.6. The standard InChI is InChI=1S/C21H18O2/c22-17-12-10-16(11-13-17)21-18-8-4-5-9-20(18)23-14-19(21)15-6-2-1-3-7-15/h1-13,19,21-22H,14H2. The Morgan fingerprint density at radius 1 is 0.739 bits per heavy atom. The Labute approximate surface area is 136 Å². The van der Waals surface area contributed by atoms with E-state index in [9.17, 15) is 5.11 Å². The number of rotatable bonds is 2. The Morgan fingerprint density at radius 3 is 2.22 bits per heavy atom. The van der Waals surface area contributed by atoms with Crippen LogP contribution in [-0.4, -0.2) is 11.7 Å². The van der Waals surface area contributed by atoms with E-state index in [4.69, 9.17) is 4.74 Å². The van der Waals surface area contributed by atoms with Crippen molar-refractivity contribution < 1.29 is 9.84 Å². The third-order valence-electron chi connectivity index (χ3n) is 4.55. The first kappa shape index (κ1) is 13.9. The second kappa shape index (κ2) is 5.81. The van der Waals surface area contributed by atoms with Crippen molar-refractivity contribution in [1.82, 2.24) is 0 Å². The average molecular weight is 302 g/mol. The van der Waals surface area contributed by atoms with E-state index in [2.05, 4.69) is 36.4 Å². The first-order chi connectivity index (χ1) is 11.3. The second-order valence-corrected chi connectivity index (χ2v) is 5.94. The third kappa shape index (κ3) is 2.57. The summed E-state index contributed by atoms with van der Waals surface area (Å²) in [6.45, 7) is 0.659. The maximum Gasteiger partial charge on any atom is 0.123 e. The normalized spacial score (nSPS) is 19.7. The molecular weight excluding hydrogens is 284 g/mol. The van der Waals surface area contributed by atoms with Gasteiger partial charge in [0.15, 0.2) is 0 Å². The first-order valence-electron chi connectivity index (χ1n) is 7.88. The van der Waals surface area contributed by atoms with Gasteiger partial charge in [-0.3, -0.25) is 0 Å². The van der Waals surface area contributed by atoms with Crippen LogP contribution in [0.2, 0.25) is 0 Å².